The molecule has 0 heterocycles. The normalized spacial score (nSPS) is 10.0. The summed E-state index contributed by atoms with van der Waals surface area (Å²) in [5.41, 5.74) is 0.0251. The molecule has 2 aromatic rings. The van der Waals surface area contributed by atoms with Crippen LogP contribution in [0.3, 0.4) is 0 Å². The van der Waals surface area contributed by atoms with Crippen LogP contribution in [-0.2, 0) is 6.61 Å². The van der Waals surface area contributed by atoms with Crippen LogP contribution in [0.4, 0.5) is 8.78 Å². The second-order valence-electron chi connectivity index (χ2n) is 4.24. The Hall–Kier alpha value is -2.43. The lowest BCUT2D eigenvalue weighted by Crippen LogP contribution is -2.29. The molecule has 0 bridgehead atoms. The van der Waals surface area contributed by atoms with Crippen molar-refractivity contribution in [2.75, 3.05) is 0 Å². The Morgan fingerprint density at radius 1 is 1.19 bits per heavy atom. The van der Waals surface area contributed by atoms with Gasteiger partial charge in [0, 0.05) is 5.56 Å². The minimum Gasteiger partial charge on any atom is -0.486 e. The summed E-state index contributed by atoms with van der Waals surface area (Å²) in [6.45, 7) is -0.288. The number of nitriles is 1. The first-order valence-corrected chi connectivity index (χ1v) is 5.99. The molecule has 7 heteroatoms. The number of hydrogen-bond donors (Lipinski definition) is 2. The lowest BCUT2D eigenvalue weighted by molar-refractivity contribution is 0.285. The number of hydrogen-bond acceptors (Lipinski definition) is 4. The van der Waals surface area contributed by atoms with E-state index in [1.807, 2.05) is 0 Å². The molecule has 0 aliphatic rings. The molecule has 0 fully saturated rings. The van der Waals surface area contributed by atoms with Gasteiger partial charge in [-0.1, -0.05) is 18.2 Å². The molecule has 0 radical (unpaired) electrons. The summed E-state index contributed by atoms with van der Waals surface area (Å²) in [5.74, 6) is -1.67. The SMILES string of the molecule is N#Cc1cccc(COc2cc(B(O)O)ccc2F)c1F. The fourth-order valence-corrected chi connectivity index (χ4v) is 1.72. The molecule has 0 aliphatic carbocycles. The van der Waals surface area contributed by atoms with Crippen LogP contribution in [0.5, 0.6) is 5.75 Å². The number of halogens is 2. The van der Waals surface area contributed by atoms with Gasteiger partial charge in [0.05, 0.1) is 5.56 Å². The maximum atomic E-state index is 13.8. The van der Waals surface area contributed by atoms with Gasteiger partial charge in [-0.05, 0) is 23.7 Å². The van der Waals surface area contributed by atoms with Crippen molar-refractivity contribution >= 4 is 12.6 Å². The van der Waals surface area contributed by atoms with Crippen LogP contribution in [-0.4, -0.2) is 17.2 Å². The summed E-state index contributed by atoms with van der Waals surface area (Å²) in [6, 6.07) is 9.26. The Balaban J connectivity index is 2.21. The predicted molar refractivity (Wildman–Crippen MR) is 71.7 cm³/mol. The van der Waals surface area contributed by atoms with Crippen molar-refractivity contribution in [3.63, 3.8) is 0 Å². The van der Waals surface area contributed by atoms with E-state index in [9.17, 15) is 8.78 Å². The molecule has 2 N–H and O–H groups in total. The van der Waals surface area contributed by atoms with E-state index in [2.05, 4.69) is 0 Å². The summed E-state index contributed by atoms with van der Waals surface area (Å²) >= 11 is 0. The zero-order valence-electron chi connectivity index (χ0n) is 10.8. The first kappa shape index (κ1) is 15.0. The Bertz CT molecular complexity index is 701. The van der Waals surface area contributed by atoms with Crippen LogP contribution in [0.2, 0.25) is 0 Å². The van der Waals surface area contributed by atoms with E-state index < -0.39 is 18.8 Å². The Morgan fingerprint density at radius 2 is 1.95 bits per heavy atom. The number of rotatable bonds is 4. The van der Waals surface area contributed by atoms with E-state index >= 15 is 0 Å². The van der Waals surface area contributed by atoms with Crippen LogP contribution in [0.1, 0.15) is 11.1 Å². The van der Waals surface area contributed by atoms with Crippen LogP contribution in [0.15, 0.2) is 36.4 Å². The summed E-state index contributed by atoms with van der Waals surface area (Å²) in [6.07, 6.45) is 0. The van der Waals surface area contributed by atoms with Crippen molar-refractivity contribution in [2.45, 2.75) is 6.61 Å². The fourth-order valence-electron chi connectivity index (χ4n) is 1.72. The molecule has 0 saturated heterocycles. The molecule has 0 atom stereocenters. The average molecular weight is 289 g/mol. The first-order valence-electron chi connectivity index (χ1n) is 5.99. The van der Waals surface area contributed by atoms with E-state index in [4.69, 9.17) is 20.0 Å². The van der Waals surface area contributed by atoms with Crippen LogP contribution < -0.4 is 10.2 Å². The van der Waals surface area contributed by atoms with Gasteiger partial charge in [0.25, 0.3) is 0 Å². The highest BCUT2D eigenvalue weighted by molar-refractivity contribution is 6.58. The van der Waals surface area contributed by atoms with E-state index in [-0.39, 0.29) is 28.9 Å². The van der Waals surface area contributed by atoms with Gasteiger partial charge in [-0.2, -0.15) is 5.26 Å². The summed E-state index contributed by atoms with van der Waals surface area (Å²) in [5, 5.41) is 26.8. The third-order valence-electron chi connectivity index (χ3n) is 2.84. The van der Waals surface area contributed by atoms with Crippen molar-refractivity contribution in [3.8, 4) is 11.8 Å². The molecule has 0 saturated carbocycles. The third kappa shape index (κ3) is 3.37. The second-order valence-corrected chi connectivity index (χ2v) is 4.24. The lowest BCUT2D eigenvalue weighted by atomic mass is 9.80. The predicted octanol–water partition coefficient (Wildman–Crippen LogP) is 1.10. The highest BCUT2D eigenvalue weighted by Crippen LogP contribution is 2.18. The zero-order chi connectivity index (χ0) is 15.4. The second kappa shape index (κ2) is 6.35. The monoisotopic (exact) mass is 289 g/mol. The molecule has 2 aromatic carbocycles. The third-order valence-corrected chi connectivity index (χ3v) is 2.84. The van der Waals surface area contributed by atoms with Crippen LogP contribution in [0, 0.1) is 23.0 Å². The first-order chi connectivity index (χ1) is 10.0. The fraction of sp³-hybridized carbons (Fsp3) is 0.0714. The van der Waals surface area contributed by atoms with Gasteiger partial charge in [0.2, 0.25) is 0 Å². The standard InChI is InChI=1S/C14H10BF2NO3/c16-12-5-4-11(15(19)20)6-13(12)21-8-10-3-1-2-9(7-18)14(10)17/h1-6,19-20H,8H2. The van der Waals surface area contributed by atoms with Gasteiger partial charge >= 0.3 is 7.12 Å². The van der Waals surface area contributed by atoms with Crippen molar-refractivity contribution < 1.29 is 23.6 Å². The maximum absolute atomic E-state index is 13.8. The number of nitrogens with zero attached hydrogens (tertiary/aromatic N) is 1. The van der Waals surface area contributed by atoms with E-state index in [0.29, 0.717) is 0 Å². The van der Waals surface area contributed by atoms with Crippen molar-refractivity contribution in [2.24, 2.45) is 0 Å². The Morgan fingerprint density at radius 3 is 2.62 bits per heavy atom. The minimum atomic E-state index is -1.76. The van der Waals surface area contributed by atoms with Crippen molar-refractivity contribution in [1.29, 1.82) is 5.26 Å². The minimum absolute atomic E-state index is 0.0534. The largest absolute Gasteiger partial charge is 0.488 e. The molecule has 0 aromatic heterocycles. The van der Waals surface area contributed by atoms with Gasteiger partial charge in [0.15, 0.2) is 11.6 Å². The summed E-state index contributed by atoms with van der Waals surface area (Å²) < 4.78 is 32.5. The molecule has 2 rings (SSSR count). The topological polar surface area (TPSA) is 73.5 Å². The lowest BCUT2D eigenvalue weighted by Gasteiger charge is -2.10. The molecule has 0 amide bonds. The Labute approximate surface area is 120 Å². The molecule has 0 unspecified atom stereocenters. The number of benzene rings is 2. The highest BCUT2D eigenvalue weighted by atomic mass is 19.1. The van der Waals surface area contributed by atoms with E-state index in [1.165, 1.54) is 24.3 Å². The molecule has 4 nitrogen and oxygen atoms in total. The molecule has 21 heavy (non-hydrogen) atoms. The summed E-state index contributed by atoms with van der Waals surface area (Å²) in [4.78, 5) is 0. The van der Waals surface area contributed by atoms with Crippen LogP contribution in [0.25, 0.3) is 0 Å². The molecule has 0 aliphatic heterocycles. The molecule has 106 valence electrons. The average Bonchev–Trinajstić information content (AvgIpc) is 2.47. The molecular formula is C14H10BF2NO3. The van der Waals surface area contributed by atoms with Gasteiger partial charge in [0.1, 0.15) is 18.5 Å². The Kier molecular flexibility index (Phi) is 4.53. The quantitative estimate of drug-likeness (QED) is 0.826. The zero-order valence-corrected chi connectivity index (χ0v) is 10.8. The molecule has 0 spiro atoms. The molecular weight excluding hydrogens is 279 g/mol. The van der Waals surface area contributed by atoms with Gasteiger partial charge in [-0.25, -0.2) is 8.78 Å². The summed E-state index contributed by atoms with van der Waals surface area (Å²) in [7, 11) is -1.76. The van der Waals surface area contributed by atoms with E-state index in [1.54, 1.807) is 6.07 Å². The van der Waals surface area contributed by atoms with Gasteiger partial charge in [-0.3, -0.25) is 0 Å². The van der Waals surface area contributed by atoms with Crippen LogP contribution >= 0.6 is 0 Å². The van der Waals surface area contributed by atoms with Crippen molar-refractivity contribution in [3.05, 3.63) is 59.2 Å². The number of ether oxygens (including phenoxy) is 1. The van der Waals surface area contributed by atoms with Gasteiger partial charge in [-0.15, -0.1) is 0 Å². The van der Waals surface area contributed by atoms with E-state index in [0.717, 1.165) is 12.1 Å². The van der Waals surface area contributed by atoms with Crippen molar-refractivity contribution in [1.82, 2.24) is 0 Å². The smallest absolute Gasteiger partial charge is 0.486 e. The van der Waals surface area contributed by atoms with Gasteiger partial charge < -0.3 is 14.8 Å². The maximum Gasteiger partial charge on any atom is 0.488 e. The highest BCUT2D eigenvalue weighted by Gasteiger charge is 2.15.